The predicted molar refractivity (Wildman–Crippen MR) is 110 cm³/mol. The smallest absolute Gasteiger partial charge is 0.415 e. The molecule has 2 aromatic heterocycles. The molecule has 2 atom stereocenters. The van der Waals surface area contributed by atoms with Gasteiger partial charge >= 0.3 is 6.09 Å². The van der Waals surface area contributed by atoms with Gasteiger partial charge in [-0.15, -0.1) is 0 Å². The zero-order chi connectivity index (χ0) is 20.4. The molecule has 8 heteroatoms. The molecule has 1 N–H and O–H groups in total. The number of imidazole rings is 1. The van der Waals surface area contributed by atoms with Crippen LogP contribution < -0.4 is 10.2 Å². The van der Waals surface area contributed by atoms with Crippen molar-refractivity contribution < 1.29 is 9.53 Å². The highest BCUT2D eigenvalue weighted by Crippen LogP contribution is 2.26. The summed E-state index contributed by atoms with van der Waals surface area (Å²) in [5, 5.41) is 3.32. The lowest BCUT2D eigenvalue weighted by Crippen LogP contribution is -2.37. The van der Waals surface area contributed by atoms with Crippen LogP contribution in [-0.2, 0) is 4.74 Å². The minimum Gasteiger partial charge on any atom is -0.447 e. The first-order valence-corrected chi connectivity index (χ1v) is 9.67. The summed E-state index contributed by atoms with van der Waals surface area (Å²) >= 11 is 0. The van der Waals surface area contributed by atoms with Gasteiger partial charge in [0.1, 0.15) is 12.4 Å². The number of rotatable bonds is 6. The molecule has 0 saturated carbocycles. The maximum Gasteiger partial charge on any atom is 0.415 e. The molecule has 29 heavy (non-hydrogen) atoms. The fraction of sp³-hybridized carbons (Fsp3) is 0.333. The highest BCUT2D eigenvalue weighted by atomic mass is 16.6. The first-order valence-electron chi connectivity index (χ1n) is 9.67. The number of nitrogens with zero attached hydrogens (tertiary/aromatic N) is 5. The number of nitrogens with one attached hydrogen (secondary N) is 1. The summed E-state index contributed by atoms with van der Waals surface area (Å²) in [5.74, 6) is 1.28. The van der Waals surface area contributed by atoms with Gasteiger partial charge in [0.05, 0.1) is 18.4 Å². The van der Waals surface area contributed by atoms with Crippen LogP contribution in [0.3, 0.4) is 0 Å². The van der Waals surface area contributed by atoms with Crippen molar-refractivity contribution in [2.45, 2.75) is 32.9 Å². The second-order valence-electron chi connectivity index (χ2n) is 7.42. The van der Waals surface area contributed by atoms with Crippen molar-refractivity contribution in [3.8, 4) is 5.69 Å². The molecular weight excluding hydrogens is 368 g/mol. The van der Waals surface area contributed by atoms with Crippen molar-refractivity contribution in [2.24, 2.45) is 5.92 Å². The van der Waals surface area contributed by atoms with Crippen molar-refractivity contribution in [1.29, 1.82) is 0 Å². The molecule has 3 heterocycles. The van der Waals surface area contributed by atoms with Crippen LogP contribution in [0.15, 0.2) is 55.2 Å². The molecule has 4 rings (SSSR count). The molecule has 1 aliphatic heterocycles. The van der Waals surface area contributed by atoms with Gasteiger partial charge in [-0.3, -0.25) is 4.90 Å². The fourth-order valence-corrected chi connectivity index (χ4v) is 3.37. The topological polar surface area (TPSA) is 85.2 Å². The molecule has 3 aromatic rings. The van der Waals surface area contributed by atoms with Crippen molar-refractivity contribution in [3.63, 3.8) is 0 Å². The number of hydrogen-bond acceptors (Lipinski definition) is 6. The molecule has 1 aromatic carbocycles. The van der Waals surface area contributed by atoms with Crippen LogP contribution in [-0.4, -0.2) is 38.3 Å². The summed E-state index contributed by atoms with van der Waals surface area (Å²) in [7, 11) is 0. The van der Waals surface area contributed by atoms with Gasteiger partial charge in [-0.25, -0.2) is 14.8 Å². The Morgan fingerprint density at radius 3 is 2.62 bits per heavy atom. The van der Waals surface area contributed by atoms with Gasteiger partial charge in [-0.05, 0) is 36.6 Å². The molecule has 150 valence electrons. The Morgan fingerprint density at radius 2 is 1.93 bits per heavy atom. The molecule has 1 fully saturated rings. The summed E-state index contributed by atoms with van der Waals surface area (Å²) in [6.07, 6.45) is 6.72. The van der Waals surface area contributed by atoms with Crippen LogP contribution in [0.4, 0.5) is 16.6 Å². The lowest BCUT2D eigenvalue weighted by molar-refractivity contribution is 0.177. The number of hydrogen-bond donors (Lipinski definition) is 1. The second-order valence-corrected chi connectivity index (χ2v) is 7.42. The number of amides is 1. The first kappa shape index (κ1) is 18.9. The fourth-order valence-electron chi connectivity index (χ4n) is 3.37. The van der Waals surface area contributed by atoms with E-state index in [0.717, 1.165) is 11.3 Å². The van der Waals surface area contributed by atoms with Crippen molar-refractivity contribution >= 4 is 17.9 Å². The Balaban J connectivity index is 1.50. The standard InChI is InChI=1S/C21H24N6O2/c1-14(2)18-12-29-21(28)27(18)19-8-9-23-20(25-19)24-15(3)16-4-6-17(7-5-16)26-11-10-22-13-26/h4-11,13-15,18H,12H2,1-3H3,(H,23,24,25)/t15-,18+/m0/s1. The predicted octanol–water partition coefficient (Wildman–Crippen LogP) is 3.82. The monoisotopic (exact) mass is 392 g/mol. The van der Waals surface area contributed by atoms with E-state index < -0.39 is 0 Å². The highest BCUT2D eigenvalue weighted by molar-refractivity contribution is 5.89. The van der Waals surface area contributed by atoms with Gasteiger partial charge in [0, 0.05) is 24.3 Å². The molecule has 0 unspecified atom stereocenters. The lowest BCUT2D eigenvalue weighted by Gasteiger charge is -2.23. The third kappa shape index (κ3) is 3.91. The molecule has 1 saturated heterocycles. The van der Waals surface area contributed by atoms with Gasteiger partial charge in [-0.2, -0.15) is 4.98 Å². The average molecular weight is 392 g/mol. The quantitative estimate of drug-likeness (QED) is 0.686. The summed E-state index contributed by atoms with van der Waals surface area (Å²) < 4.78 is 7.18. The highest BCUT2D eigenvalue weighted by Gasteiger charge is 2.37. The van der Waals surface area contributed by atoms with E-state index in [1.54, 1.807) is 29.7 Å². The second kappa shape index (κ2) is 7.90. The molecule has 0 aliphatic carbocycles. The van der Waals surface area contributed by atoms with Crippen LogP contribution in [0.25, 0.3) is 5.69 Å². The Bertz CT molecular complexity index is 971. The third-order valence-electron chi connectivity index (χ3n) is 5.10. The summed E-state index contributed by atoms with van der Waals surface area (Å²) in [5.41, 5.74) is 2.15. The molecule has 0 spiro atoms. The van der Waals surface area contributed by atoms with E-state index in [9.17, 15) is 4.79 Å². The van der Waals surface area contributed by atoms with Gasteiger partial charge in [0.25, 0.3) is 0 Å². The minimum atomic E-state index is -0.364. The van der Waals surface area contributed by atoms with Crippen LogP contribution in [0.5, 0.6) is 0 Å². The van der Waals surface area contributed by atoms with E-state index in [2.05, 4.69) is 46.2 Å². The number of carbonyl (C=O) groups excluding carboxylic acids is 1. The largest absolute Gasteiger partial charge is 0.447 e. The van der Waals surface area contributed by atoms with Crippen molar-refractivity contribution in [3.05, 3.63) is 60.8 Å². The minimum absolute atomic E-state index is 0.00601. The van der Waals surface area contributed by atoms with Gasteiger partial charge in [-0.1, -0.05) is 26.0 Å². The lowest BCUT2D eigenvalue weighted by atomic mass is 10.0. The first-order chi connectivity index (χ1) is 14.0. The number of cyclic esters (lactones) is 1. The molecule has 1 aliphatic rings. The molecule has 0 bridgehead atoms. The van der Waals surface area contributed by atoms with Crippen molar-refractivity contribution in [2.75, 3.05) is 16.8 Å². The van der Waals surface area contributed by atoms with E-state index in [4.69, 9.17) is 4.74 Å². The number of anilines is 2. The van der Waals surface area contributed by atoms with E-state index in [-0.39, 0.29) is 24.1 Å². The Hall–Kier alpha value is -3.42. The summed E-state index contributed by atoms with van der Waals surface area (Å²) in [4.78, 5) is 26.7. The number of benzene rings is 1. The number of carbonyl (C=O) groups is 1. The summed E-state index contributed by atoms with van der Waals surface area (Å²) in [6, 6.07) is 9.90. The van der Waals surface area contributed by atoms with Crippen LogP contribution in [0.1, 0.15) is 32.4 Å². The molecule has 8 nitrogen and oxygen atoms in total. The molecule has 0 radical (unpaired) electrons. The van der Waals surface area contributed by atoms with Gasteiger partial charge in [0.15, 0.2) is 0 Å². The van der Waals surface area contributed by atoms with Gasteiger partial charge in [0.2, 0.25) is 5.95 Å². The van der Waals surface area contributed by atoms with E-state index in [1.165, 1.54) is 0 Å². The molecular formula is C21H24N6O2. The van der Waals surface area contributed by atoms with E-state index in [1.807, 2.05) is 29.8 Å². The number of ether oxygens (including phenoxy) is 1. The Morgan fingerprint density at radius 1 is 1.14 bits per heavy atom. The van der Waals surface area contributed by atoms with Crippen LogP contribution in [0, 0.1) is 5.92 Å². The zero-order valence-electron chi connectivity index (χ0n) is 16.7. The van der Waals surface area contributed by atoms with Crippen LogP contribution in [0.2, 0.25) is 0 Å². The summed E-state index contributed by atoms with van der Waals surface area (Å²) in [6.45, 7) is 6.55. The van der Waals surface area contributed by atoms with E-state index >= 15 is 0 Å². The van der Waals surface area contributed by atoms with Crippen LogP contribution >= 0.6 is 0 Å². The maximum atomic E-state index is 12.2. The normalized spacial score (nSPS) is 17.4. The van der Waals surface area contributed by atoms with Crippen molar-refractivity contribution in [1.82, 2.24) is 19.5 Å². The maximum absolute atomic E-state index is 12.2. The SMILES string of the molecule is CC(C)[C@H]1COC(=O)N1c1ccnc(N[C@@H](C)c2ccc(-n3ccnc3)cc2)n1. The molecule has 1 amide bonds. The Labute approximate surface area is 169 Å². The Kier molecular flexibility index (Phi) is 5.16. The zero-order valence-corrected chi connectivity index (χ0v) is 16.7. The van der Waals surface area contributed by atoms with E-state index in [0.29, 0.717) is 18.4 Å². The van der Waals surface area contributed by atoms with Gasteiger partial charge < -0.3 is 14.6 Å². The average Bonchev–Trinajstić information content (AvgIpc) is 3.38. The number of aromatic nitrogens is 4. The third-order valence-corrected chi connectivity index (χ3v) is 5.10.